The van der Waals surface area contributed by atoms with Crippen molar-refractivity contribution in [2.45, 2.75) is 39.2 Å². The van der Waals surface area contributed by atoms with Gasteiger partial charge < -0.3 is 9.84 Å². The van der Waals surface area contributed by atoms with E-state index in [-0.39, 0.29) is 12.2 Å². The molecule has 1 atom stereocenters. The largest absolute Gasteiger partial charge is 0.392 e. The van der Waals surface area contributed by atoms with Gasteiger partial charge in [0.2, 0.25) is 0 Å². The van der Waals surface area contributed by atoms with Gasteiger partial charge in [-0.2, -0.15) is 0 Å². The molecule has 0 radical (unpaired) electrons. The van der Waals surface area contributed by atoms with Crippen molar-refractivity contribution < 1.29 is 9.84 Å². The molecule has 0 saturated carbocycles. The maximum Gasteiger partial charge on any atom is 0.0685 e. The van der Waals surface area contributed by atoms with E-state index in [1.807, 2.05) is 13.0 Å². The van der Waals surface area contributed by atoms with Crippen molar-refractivity contribution >= 4 is 0 Å². The van der Waals surface area contributed by atoms with Crippen LogP contribution in [0.15, 0.2) is 11.6 Å². The lowest BCUT2D eigenvalue weighted by molar-refractivity contribution is 0.00325. The summed E-state index contributed by atoms with van der Waals surface area (Å²) >= 11 is 0. The molecule has 0 aromatic heterocycles. The number of methoxy groups -OCH3 is 1. The topological polar surface area (TPSA) is 29.5 Å². The van der Waals surface area contributed by atoms with E-state index in [4.69, 9.17) is 9.84 Å². The van der Waals surface area contributed by atoms with Crippen LogP contribution < -0.4 is 0 Å². The molecule has 0 aromatic rings. The van der Waals surface area contributed by atoms with Gasteiger partial charge >= 0.3 is 0 Å². The van der Waals surface area contributed by atoms with Gasteiger partial charge in [-0.05, 0) is 26.7 Å². The third-order valence-corrected chi connectivity index (χ3v) is 2.33. The fraction of sp³-hybridized carbons (Fsp3) is 0.800. The van der Waals surface area contributed by atoms with Crippen molar-refractivity contribution in [1.29, 1.82) is 0 Å². The summed E-state index contributed by atoms with van der Waals surface area (Å²) in [4.78, 5) is 0. The van der Waals surface area contributed by atoms with Gasteiger partial charge in [0.05, 0.1) is 12.2 Å². The molecule has 0 aliphatic rings. The standard InChI is InChI=1S/C10H20O2/c1-5-10(3,12-4)8-9(2)6-7-11/h6,11H,5,7-8H2,1-4H3. The molecule has 0 bridgehead atoms. The molecule has 0 amide bonds. The van der Waals surface area contributed by atoms with Crippen LogP contribution >= 0.6 is 0 Å². The molecule has 0 aliphatic carbocycles. The average molecular weight is 172 g/mol. The Morgan fingerprint density at radius 1 is 1.58 bits per heavy atom. The van der Waals surface area contributed by atoms with E-state index in [1.165, 1.54) is 5.57 Å². The zero-order valence-corrected chi connectivity index (χ0v) is 8.55. The Balaban J connectivity index is 4.11. The predicted octanol–water partition coefficient (Wildman–Crippen LogP) is 2.13. The Hall–Kier alpha value is -0.340. The number of rotatable bonds is 5. The van der Waals surface area contributed by atoms with Gasteiger partial charge in [0.15, 0.2) is 0 Å². The average Bonchev–Trinajstić information content (AvgIpc) is 2.05. The molecule has 1 unspecified atom stereocenters. The van der Waals surface area contributed by atoms with Crippen LogP contribution in [-0.2, 0) is 4.74 Å². The number of ether oxygens (including phenoxy) is 1. The van der Waals surface area contributed by atoms with Gasteiger partial charge in [0, 0.05) is 7.11 Å². The second kappa shape index (κ2) is 5.33. The van der Waals surface area contributed by atoms with Crippen LogP contribution in [0.3, 0.4) is 0 Å². The van der Waals surface area contributed by atoms with Gasteiger partial charge in [-0.1, -0.05) is 18.6 Å². The Labute approximate surface area is 75.2 Å². The summed E-state index contributed by atoms with van der Waals surface area (Å²) in [5, 5.41) is 8.66. The molecule has 12 heavy (non-hydrogen) atoms. The highest BCUT2D eigenvalue weighted by Crippen LogP contribution is 2.22. The summed E-state index contributed by atoms with van der Waals surface area (Å²) in [5.74, 6) is 0. The van der Waals surface area contributed by atoms with E-state index < -0.39 is 0 Å². The van der Waals surface area contributed by atoms with Crippen LogP contribution in [0.25, 0.3) is 0 Å². The molecular weight excluding hydrogens is 152 g/mol. The Morgan fingerprint density at radius 2 is 2.17 bits per heavy atom. The van der Waals surface area contributed by atoms with Gasteiger partial charge in [-0.25, -0.2) is 0 Å². The molecule has 2 nitrogen and oxygen atoms in total. The fourth-order valence-corrected chi connectivity index (χ4v) is 1.16. The van der Waals surface area contributed by atoms with Crippen molar-refractivity contribution in [2.24, 2.45) is 0 Å². The normalized spacial score (nSPS) is 17.6. The van der Waals surface area contributed by atoms with Crippen molar-refractivity contribution in [3.63, 3.8) is 0 Å². The molecule has 0 spiro atoms. The Kier molecular flexibility index (Phi) is 5.18. The fourth-order valence-electron chi connectivity index (χ4n) is 1.16. The van der Waals surface area contributed by atoms with Crippen LogP contribution in [0.1, 0.15) is 33.6 Å². The van der Waals surface area contributed by atoms with Crippen molar-refractivity contribution in [3.05, 3.63) is 11.6 Å². The molecule has 0 heterocycles. The molecule has 0 rings (SSSR count). The molecule has 72 valence electrons. The minimum atomic E-state index is -0.0737. The third kappa shape index (κ3) is 3.88. The first kappa shape index (κ1) is 11.7. The summed E-state index contributed by atoms with van der Waals surface area (Å²) in [6.07, 6.45) is 3.70. The summed E-state index contributed by atoms with van der Waals surface area (Å²) in [5.41, 5.74) is 1.11. The quantitative estimate of drug-likeness (QED) is 0.644. The first-order valence-corrected chi connectivity index (χ1v) is 4.39. The van der Waals surface area contributed by atoms with Gasteiger partial charge in [0.1, 0.15) is 0 Å². The maximum atomic E-state index is 8.66. The van der Waals surface area contributed by atoms with E-state index >= 15 is 0 Å². The van der Waals surface area contributed by atoms with Crippen molar-refractivity contribution in [2.75, 3.05) is 13.7 Å². The van der Waals surface area contributed by atoms with E-state index in [9.17, 15) is 0 Å². The maximum absolute atomic E-state index is 8.66. The van der Waals surface area contributed by atoms with Crippen molar-refractivity contribution in [1.82, 2.24) is 0 Å². The van der Waals surface area contributed by atoms with Gasteiger partial charge in [-0.3, -0.25) is 0 Å². The molecule has 0 aromatic carbocycles. The van der Waals surface area contributed by atoms with Crippen LogP contribution in [0.2, 0.25) is 0 Å². The van der Waals surface area contributed by atoms with Crippen molar-refractivity contribution in [3.8, 4) is 0 Å². The molecule has 1 N–H and O–H groups in total. The Morgan fingerprint density at radius 3 is 2.50 bits per heavy atom. The SMILES string of the molecule is CCC(C)(CC(C)=CCO)OC. The first-order valence-electron chi connectivity index (χ1n) is 4.39. The summed E-state index contributed by atoms with van der Waals surface area (Å²) < 4.78 is 5.38. The molecule has 2 heteroatoms. The highest BCUT2D eigenvalue weighted by molar-refractivity contribution is 5.02. The first-order chi connectivity index (χ1) is 5.58. The predicted molar refractivity (Wildman–Crippen MR) is 51.2 cm³/mol. The van der Waals surface area contributed by atoms with Crippen LogP contribution in [0.5, 0.6) is 0 Å². The lowest BCUT2D eigenvalue weighted by Gasteiger charge is -2.26. The molecule has 0 fully saturated rings. The van der Waals surface area contributed by atoms with Crippen LogP contribution in [0.4, 0.5) is 0 Å². The van der Waals surface area contributed by atoms with Crippen LogP contribution in [-0.4, -0.2) is 24.4 Å². The van der Waals surface area contributed by atoms with Gasteiger partial charge in [-0.15, -0.1) is 0 Å². The lowest BCUT2D eigenvalue weighted by Crippen LogP contribution is -2.26. The highest BCUT2D eigenvalue weighted by atomic mass is 16.5. The Bertz CT molecular complexity index is 146. The number of aliphatic hydroxyl groups excluding tert-OH is 1. The van der Waals surface area contributed by atoms with Crippen LogP contribution in [0, 0.1) is 0 Å². The molecule has 0 aliphatic heterocycles. The smallest absolute Gasteiger partial charge is 0.0685 e. The minimum absolute atomic E-state index is 0.0737. The van der Waals surface area contributed by atoms with E-state index in [0.717, 1.165) is 12.8 Å². The highest BCUT2D eigenvalue weighted by Gasteiger charge is 2.20. The minimum Gasteiger partial charge on any atom is -0.392 e. The molecular formula is C10H20O2. The number of hydrogen-bond acceptors (Lipinski definition) is 2. The lowest BCUT2D eigenvalue weighted by atomic mass is 9.94. The van der Waals surface area contributed by atoms with Gasteiger partial charge in [0.25, 0.3) is 0 Å². The summed E-state index contributed by atoms with van der Waals surface area (Å²) in [7, 11) is 1.73. The summed E-state index contributed by atoms with van der Waals surface area (Å²) in [6, 6.07) is 0. The zero-order valence-electron chi connectivity index (χ0n) is 8.55. The zero-order chi connectivity index (χ0) is 9.61. The van der Waals surface area contributed by atoms with E-state index in [0.29, 0.717) is 0 Å². The van der Waals surface area contributed by atoms with E-state index in [1.54, 1.807) is 7.11 Å². The third-order valence-electron chi connectivity index (χ3n) is 2.33. The number of hydrogen-bond donors (Lipinski definition) is 1. The number of aliphatic hydroxyl groups is 1. The second-order valence-electron chi connectivity index (χ2n) is 3.42. The second-order valence-corrected chi connectivity index (χ2v) is 3.42. The summed E-state index contributed by atoms with van der Waals surface area (Å²) in [6.45, 7) is 6.33. The monoisotopic (exact) mass is 172 g/mol. The molecule has 0 saturated heterocycles. The van der Waals surface area contributed by atoms with E-state index in [2.05, 4.69) is 13.8 Å².